The highest BCUT2D eigenvalue weighted by molar-refractivity contribution is 5.97. The van der Waals surface area contributed by atoms with Gasteiger partial charge < -0.3 is 19.1 Å². The predicted octanol–water partition coefficient (Wildman–Crippen LogP) is 7.14. The summed E-state index contributed by atoms with van der Waals surface area (Å²) in [4.78, 5) is 31.2. The summed E-state index contributed by atoms with van der Waals surface area (Å²) in [6, 6.07) is 29.8. The van der Waals surface area contributed by atoms with Crippen molar-refractivity contribution in [2.75, 3.05) is 20.2 Å². The molecular weight excluding hydrogens is 522 g/mol. The van der Waals surface area contributed by atoms with Crippen molar-refractivity contribution >= 4 is 11.8 Å². The average Bonchev–Trinajstić information content (AvgIpc) is 3.41. The largest absolute Gasteiger partial charge is 0.497 e. The first-order valence-electron chi connectivity index (χ1n) is 14.6. The number of carbonyl (C=O) groups is 2. The summed E-state index contributed by atoms with van der Waals surface area (Å²) in [7, 11) is 1.67. The van der Waals surface area contributed by atoms with E-state index in [1.54, 1.807) is 12.0 Å². The number of hydrogen-bond donors (Lipinski definition) is 0. The van der Waals surface area contributed by atoms with Crippen molar-refractivity contribution in [1.29, 1.82) is 0 Å². The van der Waals surface area contributed by atoms with Crippen LogP contribution in [0.15, 0.2) is 97.2 Å². The van der Waals surface area contributed by atoms with Gasteiger partial charge in [0.05, 0.1) is 13.7 Å². The van der Waals surface area contributed by atoms with Gasteiger partial charge in [0.25, 0.3) is 5.91 Å². The maximum absolute atomic E-state index is 13.9. The summed E-state index contributed by atoms with van der Waals surface area (Å²) in [5, 5.41) is 0. The van der Waals surface area contributed by atoms with Crippen molar-refractivity contribution in [3.63, 3.8) is 0 Å². The fourth-order valence-corrected chi connectivity index (χ4v) is 5.10. The topological polar surface area (TPSA) is 54.8 Å². The van der Waals surface area contributed by atoms with Crippen molar-refractivity contribution < 1.29 is 14.3 Å². The van der Waals surface area contributed by atoms with Crippen LogP contribution in [0.1, 0.15) is 56.2 Å². The number of benzene rings is 3. The fourth-order valence-electron chi connectivity index (χ4n) is 5.10. The lowest BCUT2D eigenvalue weighted by Crippen LogP contribution is -2.50. The van der Waals surface area contributed by atoms with E-state index in [4.69, 9.17) is 4.74 Å². The van der Waals surface area contributed by atoms with Crippen LogP contribution in [0, 0.1) is 5.92 Å². The number of amides is 2. The van der Waals surface area contributed by atoms with E-state index in [-0.39, 0.29) is 24.3 Å². The molecule has 6 heteroatoms. The lowest BCUT2D eigenvalue weighted by atomic mass is 10.0. The van der Waals surface area contributed by atoms with Gasteiger partial charge in [-0.15, -0.1) is 0 Å². The van der Waals surface area contributed by atoms with Crippen LogP contribution in [0.3, 0.4) is 0 Å². The Morgan fingerprint density at radius 3 is 2.19 bits per heavy atom. The molecule has 0 radical (unpaired) electrons. The highest BCUT2D eigenvalue weighted by Crippen LogP contribution is 2.23. The van der Waals surface area contributed by atoms with Crippen LogP contribution in [-0.2, 0) is 17.9 Å². The number of hydrogen-bond acceptors (Lipinski definition) is 3. The predicted molar refractivity (Wildman–Crippen MR) is 169 cm³/mol. The van der Waals surface area contributed by atoms with Crippen LogP contribution in [-0.4, -0.2) is 51.9 Å². The van der Waals surface area contributed by atoms with Crippen molar-refractivity contribution in [1.82, 2.24) is 14.4 Å². The van der Waals surface area contributed by atoms with Crippen LogP contribution >= 0.6 is 0 Å². The van der Waals surface area contributed by atoms with E-state index in [9.17, 15) is 9.59 Å². The Balaban J connectivity index is 1.52. The minimum Gasteiger partial charge on any atom is -0.497 e. The first-order valence-corrected chi connectivity index (χ1v) is 14.6. The molecular formula is C36H43N3O3. The SMILES string of the molecule is COc1cccc(Cn2cccc2CN(C(=O)CN(CC(C)C)C(=O)c2ccc(-c3ccccc3)cc2)C(C)(C)C)c1. The Morgan fingerprint density at radius 1 is 0.857 bits per heavy atom. The number of ether oxygens (including phenoxy) is 1. The molecule has 2 amide bonds. The van der Waals surface area contributed by atoms with Gasteiger partial charge in [-0.25, -0.2) is 0 Å². The molecule has 0 unspecified atom stereocenters. The lowest BCUT2D eigenvalue weighted by molar-refractivity contribution is -0.137. The lowest BCUT2D eigenvalue weighted by Gasteiger charge is -2.38. The molecule has 0 aliphatic heterocycles. The molecule has 0 spiro atoms. The average molecular weight is 566 g/mol. The Morgan fingerprint density at radius 2 is 1.55 bits per heavy atom. The Bertz CT molecular complexity index is 1470. The number of aromatic nitrogens is 1. The number of carbonyl (C=O) groups excluding carboxylic acids is 2. The van der Waals surface area contributed by atoms with Crippen molar-refractivity contribution in [2.45, 2.75) is 53.2 Å². The summed E-state index contributed by atoms with van der Waals surface area (Å²) in [5.41, 5.74) is 4.44. The molecule has 220 valence electrons. The van der Waals surface area contributed by atoms with E-state index in [0.717, 1.165) is 28.1 Å². The molecule has 1 aromatic heterocycles. The molecule has 6 nitrogen and oxygen atoms in total. The third-order valence-electron chi connectivity index (χ3n) is 7.28. The molecule has 0 atom stereocenters. The quantitative estimate of drug-likeness (QED) is 0.194. The maximum atomic E-state index is 13.9. The fraction of sp³-hybridized carbons (Fsp3) is 0.333. The third kappa shape index (κ3) is 7.90. The number of nitrogens with zero attached hydrogens (tertiary/aromatic N) is 3. The summed E-state index contributed by atoms with van der Waals surface area (Å²) in [6.07, 6.45) is 2.04. The van der Waals surface area contributed by atoms with Gasteiger partial charge in [-0.2, -0.15) is 0 Å². The summed E-state index contributed by atoms with van der Waals surface area (Å²) in [6.45, 7) is 11.9. The first-order chi connectivity index (χ1) is 20.0. The van der Waals surface area contributed by atoms with E-state index >= 15 is 0 Å². The van der Waals surface area contributed by atoms with Crippen LogP contribution in [0.4, 0.5) is 0 Å². The molecule has 3 aromatic carbocycles. The third-order valence-corrected chi connectivity index (χ3v) is 7.28. The number of methoxy groups -OCH3 is 1. The zero-order valence-corrected chi connectivity index (χ0v) is 25.7. The summed E-state index contributed by atoms with van der Waals surface area (Å²) in [5.74, 6) is 0.823. The van der Waals surface area contributed by atoms with Crippen LogP contribution in [0.25, 0.3) is 11.1 Å². The highest BCUT2D eigenvalue weighted by atomic mass is 16.5. The van der Waals surface area contributed by atoms with E-state index in [2.05, 4.69) is 42.7 Å². The molecule has 0 N–H and O–H groups in total. The van der Waals surface area contributed by atoms with Gasteiger partial charge >= 0.3 is 0 Å². The van der Waals surface area contributed by atoms with Crippen molar-refractivity contribution in [3.8, 4) is 16.9 Å². The minimum absolute atomic E-state index is 0.0192. The van der Waals surface area contributed by atoms with E-state index in [0.29, 0.717) is 25.2 Å². The smallest absolute Gasteiger partial charge is 0.254 e. The molecule has 0 aliphatic carbocycles. The molecule has 4 aromatic rings. The van der Waals surface area contributed by atoms with E-state index in [1.807, 2.05) is 98.6 Å². The highest BCUT2D eigenvalue weighted by Gasteiger charge is 2.30. The second-order valence-corrected chi connectivity index (χ2v) is 12.2. The Kier molecular flexibility index (Phi) is 9.89. The number of rotatable bonds is 11. The second kappa shape index (κ2) is 13.6. The maximum Gasteiger partial charge on any atom is 0.254 e. The Labute approximate surface area is 250 Å². The van der Waals surface area contributed by atoms with Crippen molar-refractivity contribution in [2.24, 2.45) is 5.92 Å². The normalized spacial score (nSPS) is 11.4. The molecule has 0 bridgehead atoms. The van der Waals surface area contributed by atoms with Crippen LogP contribution in [0.5, 0.6) is 5.75 Å². The van der Waals surface area contributed by atoms with Crippen LogP contribution in [0.2, 0.25) is 0 Å². The minimum atomic E-state index is -0.438. The molecule has 4 rings (SSSR count). The van der Waals surface area contributed by atoms with Gasteiger partial charge in [-0.05, 0) is 79.8 Å². The molecule has 0 saturated heterocycles. The van der Waals surface area contributed by atoms with E-state index in [1.165, 1.54) is 0 Å². The van der Waals surface area contributed by atoms with Gasteiger partial charge in [-0.1, -0.05) is 68.4 Å². The molecule has 0 saturated carbocycles. The molecule has 0 fully saturated rings. The van der Waals surface area contributed by atoms with Gasteiger partial charge in [0.1, 0.15) is 12.3 Å². The Hall–Kier alpha value is -4.32. The van der Waals surface area contributed by atoms with Crippen molar-refractivity contribution in [3.05, 3.63) is 114 Å². The molecule has 42 heavy (non-hydrogen) atoms. The monoisotopic (exact) mass is 565 g/mol. The molecule has 0 aliphatic rings. The first kappa shape index (κ1) is 30.6. The van der Waals surface area contributed by atoms with Crippen LogP contribution < -0.4 is 4.74 Å². The van der Waals surface area contributed by atoms with Gasteiger partial charge in [0.15, 0.2) is 0 Å². The zero-order chi connectivity index (χ0) is 30.3. The summed E-state index contributed by atoms with van der Waals surface area (Å²) < 4.78 is 7.55. The van der Waals surface area contributed by atoms with Gasteiger partial charge in [0, 0.05) is 36.1 Å². The standard InChI is InChI=1S/C36H43N3O3/c1-27(2)23-38(35(41)31-19-17-30(18-20-31)29-13-8-7-9-14-29)26-34(40)39(36(3,4)5)25-32-15-11-21-37(32)24-28-12-10-16-33(22-28)42-6/h7-22,27H,23-26H2,1-6H3. The van der Waals surface area contributed by atoms with Gasteiger partial charge in [-0.3, -0.25) is 9.59 Å². The molecule has 1 heterocycles. The van der Waals surface area contributed by atoms with E-state index < -0.39 is 5.54 Å². The van der Waals surface area contributed by atoms with Gasteiger partial charge in [0.2, 0.25) is 5.91 Å². The summed E-state index contributed by atoms with van der Waals surface area (Å²) >= 11 is 0. The zero-order valence-electron chi connectivity index (χ0n) is 25.7. The second-order valence-electron chi connectivity index (χ2n) is 12.2.